The van der Waals surface area contributed by atoms with Gasteiger partial charge in [0.1, 0.15) is 11.4 Å². The number of carbonyl (C=O) groups is 1. The molecular weight excluding hydrogens is 369 g/mol. The second-order valence-electron chi connectivity index (χ2n) is 5.95. The molecule has 1 amide bonds. The van der Waals surface area contributed by atoms with Gasteiger partial charge in [0.15, 0.2) is 6.23 Å². The summed E-state index contributed by atoms with van der Waals surface area (Å²) in [4.78, 5) is 13.6. The van der Waals surface area contributed by atoms with Crippen molar-refractivity contribution >= 4 is 28.7 Å². The summed E-state index contributed by atoms with van der Waals surface area (Å²) in [5, 5.41) is 0. The summed E-state index contributed by atoms with van der Waals surface area (Å²) < 4.78 is 12.5. The Bertz CT molecular complexity index is 510. The van der Waals surface area contributed by atoms with Crippen LogP contribution in [0.2, 0.25) is 0 Å². The lowest BCUT2D eigenvalue weighted by Crippen LogP contribution is -2.45. The Kier molecular flexibility index (Phi) is 4.46. The van der Waals surface area contributed by atoms with Crippen molar-refractivity contribution < 1.29 is 14.3 Å². The third-order valence-electron chi connectivity index (χ3n) is 3.06. The number of carbonyl (C=O) groups excluding carboxylic acids is 1. The van der Waals surface area contributed by atoms with E-state index in [0.29, 0.717) is 0 Å². The highest BCUT2D eigenvalue weighted by atomic mass is 127. The maximum Gasteiger partial charge on any atom is 0.412 e. The van der Waals surface area contributed by atoms with Crippen molar-refractivity contribution in [3.63, 3.8) is 0 Å². The number of benzene rings is 1. The number of ether oxygens (including phenoxy) is 2. The highest BCUT2D eigenvalue weighted by molar-refractivity contribution is 14.1. The lowest BCUT2D eigenvalue weighted by Gasteiger charge is -2.34. The Morgan fingerprint density at radius 3 is 2.80 bits per heavy atom. The zero-order valence-corrected chi connectivity index (χ0v) is 14.4. The summed E-state index contributed by atoms with van der Waals surface area (Å²) in [5.74, 6) is 0.858. The number of aryl methyl sites for hydroxylation is 1. The molecule has 0 aliphatic carbocycles. The number of nitrogens with zero attached hydrogens (tertiary/aromatic N) is 1. The normalized spacial score (nSPS) is 17.9. The van der Waals surface area contributed by atoms with Gasteiger partial charge >= 0.3 is 6.09 Å². The molecule has 4 nitrogen and oxygen atoms in total. The van der Waals surface area contributed by atoms with E-state index in [-0.39, 0.29) is 12.3 Å². The number of halogens is 1. The first kappa shape index (κ1) is 15.4. The van der Waals surface area contributed by atoms with Crippen molar-refractivity contribution in [1.82, 2.24) is 4.90 Å². The first-order valence-corrected chi connectivity index (χ1v) is 7.75. The standard InChI is InChI=1S/C15H20INO3/c1-15(2,3)20-14(18)17(4)13-8-5-10-9-11(16)6-7-12(10)19-13/h6-7,9,13H,5,8H2,1-4H3/t13-/m1/s1. The van der Waals surface area contributed by atoms with Gasteiger partial charge in [-0.3, -0.25) is 4.90 Å². The molecule has 20 heavy (non-hydrogen) atoms. The van der Waals surface area contributed by atoms with Crippen LogP contribution in [0.5, 0.6) is 5.75 Å². The summed E-state index contributed by atoms with van der Waals surface area (Å²) in [6, 6.07) is 6.10. The quantitative estimate of drug-likeness (QED) is 0.686. The Morgan fingerprint density at radius 1 is 1.45 bits per heavy atom. The molecule has 1 aromatic carbocycles. The average molecular weight is 389 g/mol. The van der Waals surface area contributed by atoms with Crippen molar-refractivity contribution in [3.8, 4) is 5.75 Å². The monoisotopic (exact) mass is 389 g/mol. The van der Waals surface area contributed by atoms with E-state index < -0.39 is 5.60 Å². The smallest absolute Gasteiger partial charge is 0.412 e. The average Bonchev–Trinajstić information content (AvgIpc) is 2.35. The molecule has 0 radical (unpaired) electrons. The van der Waals surface area contributed by atoms with E-state index >= 15 is 0 Å². The first-order valence-electron chi connectivity index (χ1n) is 6.67. The van der Waals surface area contributed by atoms with Crippen LogP contribution in [0.25, 0.3) is 0 Å². The SMILES string of the molecule is CN(C(=O)OC(C)(C)C)[C@H]1CCc2cc(I)ccc2O1. The molecule has 0 aromatic heterocycles. The molecule has 0 N–H and O–H groups in total. The zero-order chi connectivity index (χ0) is 14.9. The number of amides is 1. The lowest BCUT2D eigenvalue weighted by molar-refractivity contribution is -0.0167. The Labute approximate surface area is 133 Å². The minimum Gasteiger partial charge on any atom is -0.470 e. The molecule has 1 heterocycles. The molecule has 110 valence electrons. The van der Waals surface area contributed by atoms with Gasteiger partial charge in [0, 0.05) is 17.0 Å². The van der Waals surface area contributed by atoms with Crippen LogP contribution < -0.4 is 4.74 Å². The molecular formula is C15H20INO3. The van der Waals surface area contributed by atoms with E-state index in [1.807, 2.05) is 32.9 Å². The maximum atomic E-state index is 12.0. The van der Waals surface area contributed by atoms with E-state index in [9.17, 15) is 4.79 Å². The fourth-order valence-electron chi connectivity index (χ4n) is 2.07. The summed E-state index contributed by atoms with van der Waals surface area (Å²) in [7, 11) is 1.72. The summed E-state index contributed by atoms with van der Waals surface area (Å²) in [5.41, 5.74) is 0.708. The predicted molar refractivity (Wildman–Crippen MR) is 85.9 cm³/mol. The van der Waals surface area contributed by atoms with Gasteiger partial charge in [0.05, 0.1) is 0 Å². The predicted octanol–water partition coefficient (Wildman–Crippen LogP) is 3.81. The van der Waals surface area contributed by atoms with Crippen molar-refractivity contribution in [2.24, 2.45) is 0 Å². The second-order valence-corrected chi connectivity index (χ2v) is 7.20. The topological polar surface area (TPSA) is 38.8 Å². The zero-order valence-electron chi connectivity index (χ0n) is 12.3. The van der Waals surface area contributed by atoms with Crippen LogP contribution in [0, 0.1) is 3.57 Å². The maximum absolute atomic E-state index is 12.0. The van der Waals surface area contributed by atoms with Gasteiger partial charge < -0.3 is 9.47 Å². The molecule has 0 spiro atoms. The molecule has 0 saturated carbocycles. The molecule has 1 aliphatic rings. The van der Waals surface area contributed by atoms with Gasteiger partial charge in [-0.05, 0) is 73.5 Å². The van der Waals surface area contributed by atoms with Crippen molar-refractivity contribution in [1.29, 1.82) is 0 Å². The highest BCUT2D eigenvalue weighted by Crippen LogP contribution is 2.30. The van der Waals surface area contributed by atoms with Crippen LogP contribution in [-0.4, -0.2) is 29.9 Å². The fraction of sp³-hybridized carbons (Fsp3) is 0.533. The Balaban J connectivity index is 2.05. The van der Waals surface area contributed by atoms with Gasteiger partial charge in [-0.2, -0.15) is 0 Å². The number of hydrogen-bond donors (Lipinski definition) is 0. The summed E-state index contributed by atoms with van der Waals surface area (Å²) >= 11 is 2.29. The Morgan fingerprint density at radius 2 is 2.15 bits per heavy atom. The third-order valence-corrected chi connectivity index (χ3v) is 3.73. The van der Waals surface area contributed by atoms with Crippen LogP contribution >= 0.6 is 22.6 Å². The van der Waals surface area contributed by atoms with Crippen LogP contribution in [0.15, 0.2) is 18.2 Å². The summed E-state index contributed by atoms with van der Waals surface area (Å²) in [6.07, 6.45) is 1.07. The largest absolute Gasteiger partial charge is 0.470 e. The molecule has 5 heteroatoms. The van der Waals surface area contributed by atoms with Gasteiger partial charge in [-0.15, -0.1) is 0 Å². The van der Waals surface area contributed by atoms with Crippen LogP contribution in [0.1, 0.15) is 32.8 Å². The third kappa shape index (κ3) is 3.77. The van der Waals surface area contributed by atoms with Crippen LogP contribution in [0.3, 0.4) is 0 Å². The fourth-order valence-corrected chi connectivity index (χ4v) is 2.62. The lowest BCUT2D eigenvalue weighted by atomic mass is 10.1. The number of hydrogen-bond acceptors (Lipinski definition) is 3. The molecule has 0 fully saturated rings. The molecule has 0 saturated heterocycles. The molecule has 2 rings (SSSR count). The number of fused-ring (bicyclic) bond motifs is 1. The van der Waals surface area contributed by atoms with Gasteiger partial charge in [0.25, 0.3) is 0 Å². The van der Waals surface area contributed by atoms with Crippen LogP contribution in [-0.2, 0) is 11.2 Å². The van der Waals surface area contributed by atoms with Crippen molar-refractivity contribution in [2.45, 2.75) is 45.4 Å². The molecule has 1 aromatic rings. The van der Waals surface area contributed by atoms with Crippen molar-refractivity contribution in [2.75, 3.05) is 7.05 Å². The summed E-state index contributed by atoms with van der Waals surface area (Å²) in [6.45, 7) is 5.58. The van der Waals surface area contributed by atoms with E-state index in [0.717, 1.165) is 18.6 Å². The first-order chi connectivity index (χ1) is 9.26. The molecule has 0 bridgehead atoms. The van der Waals surface area contributed by atoms with Crippen molar-refractivity contribution in [3.05, 3.63) is 27.3 Å². The van der Waals surface area contributed by atoms with E-state index in [1.54, 1.807) is 7.05 Å². The van der Waals surface area contributed by atoms with E-state index in [1.165, 1.54) is 14.0 Å². The van der Waals surface area contributed by atoms with Gasteiger partial charge in [-0.1, -0.05) is 0 Å². The minimum atomic E-state index is -0.492. The minimum absolute atomic E-state index is 0.266. The van der Waals surface area contributed by atoms with Gasteiger partial charge in [-0.25, -0.2) is 4.79 Å². The number of rotatable bonds is 1. The Hall–Kier alpha value is -0.980. The second kappa shape index (κ2) is 5.79. The van der Waals surface area contributed by atoms with E-state index in [4.69, 9.17) is 9.47 Å². The molecule has 0 unspecified atom stereocenters. The molecule has 1 aliphatic heterocycles. The highest BCUT2D eigenvalue weighted by Gasteiger charge is 2.29. The van der Waals surface area contributed by atoms with E-state index in [2.05, 4.69) is 28.7 Å². The molecule has 1 atom stereocenters. The van der Waals surface area contributed by atoms with Crippen LogP contribution in [0.4, 0.5) is 4.79 Å². The van der Waals surface area contributed by atoms with Gasteiger partial charge in [0.2, 0.25) is 0 Å².